The van der Waals surface area contributed by atoms with Crippen molar-refractivity contribution in [1.29, 1.82) is 0 Å². The number of hydrogen-bond acceptors (Lipinski definition) is 4. The molecule has 0 atom stereocenters. The fourth-order valence-corrected chi connectivity index (χ4v) is 1.23. The second kappa shape index (κ2) is 8.95. The lowest BCUT2D eigenvalue weighted by Gasteiger charge is -2.03. The largest absolute Gasteiger partial charge is 0.466 e. The van der Waals surface area contributed by atoms with E-state index < -0.39 is 0 Å². The van der Waals surface area contributed by atoms with Gasteiger partial charge >= 0.3 is 5.97 Å². The molecule has 0 amide bonds. The van der Waals surface area contributed by atoms with Crippen LogP contribution >= 0.6 is 0 Å². The highest BCUT2D eigenvalue weighted by molar-refractivity contribution is 5.87. The molecule has 0 fully saturated rings. The quantitative estimate of drug-likeness (QED) is 0.239. The lowest BCUT2D eigenvalue weighted by Crippen LogP contribution is -2.07. The monoisotopic (exact) mass is 227 g/mol. The number of hydrogen-bond donors (Lipinski definition) is 1. The maximum absolute atomic E-state index is 11.1. The average molecular weight is 227 g/mol. The molecule has 0 heterocycles. The molecule has 0 rings (SSSR count). The van der Waals surface area contributed by atoms with Crippen molar-refractivity contribution in [3.05, 3.63) is 11.6 Å². The zero-order valence-corrected chi connectivity index (χ0v) is 10.3. The van der Waals surface area contributed by atoms with Crippen molar-refractivity contribution in [2.75, 3.05) is 6.61 Å². The minimum absolute atomic E-state index is 0.245. The molecule has 0 aliphatic heterocycles. The van der Waals surface area contributed by atoms with E-state index in [9.17, 15) is 4.79 Å². The fraction of sp³-hybridized carbons (Fsp3) is 0.667. The van der Waals surface area contributed by atoms with E-state index >= 15 is 0 Å². The standard InChI is InChI=1S/C12H21NO3/c1-4-16-12(14)9-8-11(13-15)7-5-6-10(2)3/h6,15H,4-5,7-9H2,1-3H3/b13-11+. The average Bonchev–Trinajstić information content (AvgIpc) is 2.23. The Hall–Kier alpha value is -1.32. The molecule has 0 saturated heterocycles. The summed E-state index contributed by atoms with van der Waals surface area (Å²) in [5.74, 6) is -0.245. The Morgan fingerprint density at radius 3 is 2.50 bits per heavy atom. The van der Waals surface area contributed by atoms with Gasteiger partial charge in [-0.2, -0.15) is 0 Å². The Labute approximate surface area is 97.0 Å². The van der Waals surface area contributed by atoms with E-state index in [4.69, 9.17) is 9.94 Å². The molecule has 0 saturated carbocycles. The van der Waals surface area contributed by atoms with Crippen LogP contribution in [0.1, 0.15) is 46.5 Å². The molecule has 0 aliphatic rings. The van der Waals surface area contributed by atoms with Crippen molar-refractivity contribution in [2.45, 2.75) is 46.5 Å². The summed E-state index contributed by atoms with van der Waals surface area (Å²) >= 11 is 0. The molecule has 16 heavy (non-hydrogen) atoms. The lowest BCUT2D eigenvalue weighted by molar-refractivity contribution is -0.142. The highest BCUT2D eigenvalue weighted by atomic mass is 16.5. The van der Waals surface area contributed by atoms with Gasteiger partial charge in [0.2, 0.25) is 0 Å². The first-order valence-electron chi connectivity index (χ1n) is 5.59. The van der Waals surface area contributed by atoms with E-state index in [-0.39, 0.29) is 12.4 Å². The molecule has 0 unspecified atom stereocenters. The molecule has 0 aliphatic carbocycles. The molecule has 0 bridgehead atoms. The van der Waals surface area contributed by atoms with E-state index in [0.717, 1.165) is 6.42 Å². The first kappa shape index (κ1) is 14.7. The fourth-order valence-electron chi connectivity index (χ4n) is 1.23. The minimum Gasteiger partial charge on any atom is -0.466 e. The van der Waals surface area contributed by atoms with Crippen LogP contribution in [-0.4, -0.2) is 23.5 Å². The third-order valence-electron chi connectivity index (χ3n) is 2.05. The molecule has 4 nitrogen and oxygen atoms in total. The van der Waals surface area contributed by atoms with E-state index in [1.165, 1.54) is 5.57 Å². The van der Waals surface area contributed by atoms with Gasteiger partial charge in [-0.05, 0) is 40.0 Å². The van der Waals surface area contributed by atoms with Crippen molar-refractivity contribution in [2.24, 2.45) is 5.16 Å². The molecule has 0 spiro atoms. The van der Waals surface area contributed by atoms with Crippen LogP contribution in [0.3, 0.4) is 0 Å². The zero-order valence-electron chi connectivity index (χ0n) is 10.3. The van der Waals surface area contributed by atoms with E-state index in [1.54, 1.807) is 6.92 Å². The maximum Gasteiger partial charge on any atom is 0.306 e. The number of esters is 1. The molecule has 0 aromatic heterocycles. The normalized spacial score (nSPS) is 11.1. The van der Waals surface area contributed by atoms with Crippen molar-refractivity contribution >= 4 is 11.7 Å². The van der Waals surface area contributed by atoms with Crippen LogP contribution in [-0.2, 0) is 9.53 Å². The van der Waals surface area contributed by atoms with Gasteiger partial charge in [0.05, 0.1) is 18.7 Å². The highest BCUT2D eigenvalue weighted by Gasteiger charge is 2.05. The van der Waals surface area contributed by atoms with Crippen LogP contribution in [0.5, 0.6) is 0 Å². The number of ether oxygens (including phenoxy) is 1. The second-order valence-corrected chi connectivity index (χ2v) is 3.79. The summed E-state index contributed by atoms with van der Waals surface area (Å²) in [5.41, 5.74) is 1.88. The summed E-state index contributed by atoms with van der Waals surface area (Å²) in [6.45, 7) is 6.21. The molecule has 0 aromatic rings. The zero-order chi connectivity index (χ0) is 12.4. The van der Waals surface area contributed by atoms with Crippen molar-refractivity contribution in [1.82, 2.24) is 0 Å². The van der Waals surface area contributed by atoms with Gasteiger partial charge in [0.1, 0.15) is 0 Å². The van der Waals surface area contributed by atoms with Crippen molar-refractivity contribution in [3.8, 4) is 0 Å². The van der Waals surface area contributed by atoms with Gasteiger partial charge in [0.15, 0.2) is 0 Å². The van der Waals surface area contributed by atoms with Gasteiger partial charge in [-0.25, -0.2) is 0 Å². The van der Waals surface area contributed by atoms with Gasteiger partial charge in [-0.15, -0.1) is 0 Å². The van der Waals surface area contributed by atoms with Crippen LogP contribution in [0.4, 0.5) is 0 Å². The third kappa shape index (κ3) is 8.03. The topological polar surface area (TPSA) is 58.9 Å². The summed E-state index contributed by atoms with van der Waals surface area (Å²) in [7, 11) is 0. The summed E-state index contributed by atoms with van der Waals surface area (Å²) in [4.78, 5) is 11.1. The number of oxime groups is 1. The van der Waals surface area contributed by atoms with E-state index in [2.05, 4.69) is 11.2 Å². The Balaban J connectivity index is 3.85. The number of carbonyl (C=O) groups excluding carboxylic acids is 1. The van der Waals surface area contributed by atoms with Gasteiger partial charge in [-0.3, -0.25) is 4.79 Å². The highest BCUT2D eigenvalue weighted by Crippen LogP contribution is 2.05. The second-order valence-electron chi connectivity index (χ2n) is 3.79. The van der Waals surface area contributed by atoms with Crippen molar-refractivity contribution in [3.63, 3.8) is 0 Å². The molecule has 1 N–H and O–H groups in total. The van der Waals surface area contributed by atoms with Gasteiger partial charge < -0.3 is 9.94 Å². The Kier molecular flexibility index (Phi) is 8.21. The first-order chi connectivity index (χ1) is 7.60. The first-order valence-corrected chi connectivity index (χ1v) is 5.59. The SMILES string of the molecule is CCOC(=O)CC/C(CCC=C(C)C)=N/O. The minimum atomic E-state index is -0.245. The van der Waals surface area contributed by atoms with Crippen LogP contribution in [0, 0.1) is 0 Å². The van der Waals surface area contributed by atoms with Crippen LogP contribution < -0.4 is 0 Å². The number of carbonyl (C=O) groups is 1. The smallest absolute Gasteiger partial charge is 0.306 e. The molecular formula is C12H21NO3. The molecule has 4 heteroatoms. The maximum atomic E-state index is 11.1. The Bertz CT molecular complexity index is 265. The summed E-state index contributed by atoms with van der Waals surface area (Å²) in [6.07, 6.45) is 4.34. The van der Waals surface area contributed by atoms with E-state index in [1.807, 2.05) is 13.8 Å². The predicted octanol–water partition coefficient (Wildman–Crippen LogP) is 2.91. The Morgan fingerprint density at radius 2 is 2.00 bits per heavy atom. The summed E-state index contributed by atoms with van der Waals surface area (Å²) in [6, 6.07) is 0. The number of allylic oxidation sites excluding steroid dienone is 2. The summed E-state index contributed by atoms with van der Waals surface area (Å²) < 4.78 is 4.79. The predicted molar refractivity (Wildman–Crippen MR) is 63.8 cm³/mol. The summed E-state index contributed by atoms with van der Waals surface area (Å²) in [5, 5.41) is 11.9. The van der Waals surface area contributed by atoms with Crippen LogP contribution in [0.2, 0.25) is 0 Å². The lowest BCUT2D eigenvalue weighted by atomic mass is 10.1. The van der Waals surface area contributed by atoms with E-state index in [0.29, 0.717) is 25.2 Å². The van der Waals surface area contributed by atoms with Gasteiger partial charge in [0.25, 0.3) is 0 Å². The van der Waals surface area contributed by atoms with Crippen LogP contribution in [0.15, 0.2) is 16.8 Å². The molecule has 0 aromatic carbocycles. The van der Waals surface area contributed by atoms with Gasteiger partial charge in [-0.1, -0.05) is 16.8 Å². The van der Waals surface area contributed by atoms with Gasteiger partial charge in [0, 0.05) is 0 Å². The van der Waals surface area contributed by atoms with Crippen LogP contribution in [0.25, 0.3) is 0 Å². The van der Waals surface area contributed by atoms with Crippen molar-refractivity contribution < 1.29 is 14.7 Å². The Morgan fingerprint density at radius 1 is 1.31 bits per heavy atom. The molecule has 0 radical (unpaired) electrons. The third-order valence-corrected chi connectivity index (χ3v) is 2.05. The molecular weight excluding hydrogens is 206 g/mol. The number of nitrogens with zero attached hydrogens (tertiary/aromatic N) is 1. The number of rotatable bonds is 7. The molecule has 92 valence electrons.